The Morgan fingerprint density at radius 3 is 2.27 bits per heavy atom. The molecule has 1 N–H and O–H groups in total. The van der Waals surface area contributed by atoms with Crippen LogP contribution in [-0.2, 0) is 22.6 Å². The number of anilines is 1. The van der Waals surface area contributed by atoms with Crippen LogP contribution in [0.25, 0.3) is 10.8 Å². The van der Waals surface area contributed by atoms with Gasteiger partial charge in [-0.3, -0.25) is 19.3 Å². The first-order valence-corrected chi connectivity index (χ1v) is 13.7. The van der Waals surface area contributed by atoms with Crippen molar-refractivity contribution in [2.75, 3.05) is 11.4 Å². The van der Waals surface area contributed by atoms with Crippen LogP contribution in [0.5, 0.6) is 0 Å². The van der Waals surface area contributed by atoms with Crippen molar-refractivity contribution in [2.45, 2.75) is 45.3 Å². The molecule has 5 rings (SSSR count). The second kappa shape index (κ2) is 11.1. The fraction of sp³-hybridized carbons (Fsp3) is 0.242. The quantitative estimate of drug-likeness (QED) is 0.290. The van der Waals surface area contributed by atoms with E-state index in [-0.39, 0.29) is 30.8 Å². The second-order valence-electron chi connectivity index (χ2n) is 11.1. The van der Waals surface area contributed by atoms with Crippen LogP contribution < -0.4 is 10.2 Å². The monoisotopic (exact) mass is 553 g/mol. The zero-order valence-electron chi connectivity index (χ0n) is 22.9. The van der Waals surface area contributed by atoms with Crippen LogP contribution in [-0.4, -0.2) is 40.7 Å². The molecule has 0 aromatic heterocycles. The van der Waals surface area contributed by atoms with Gasteiger partial charge in [-0.2, -0.15) is 0 Å². The van der Waals surface area contributed by atoms with Gasteiger partial charge in [0.25, 0.3) is 5.91 Å². The second-order valence-corrected chi connectivity index (χ2v) is 11.5. The predicted octanol–water partition coefficient (Wildman–Crippen LogP) is 6.01. The SMILES string of the molecule is CC(C)(C)NC(=O)C(Cc1ccccc1)N(Cc1ccccc1Cl)C(=O)CN1C(=O)c2cccc3cccc1c23. The molecule has 0 fully saturated rings. The summed E-state index contributed by atoms with van der Waals surface area (Å²) in [6.45, 7) is 5.64. The number of carbonyl (C=O) groups is 3. The molecule has 40 heavy (non-hydrogen) atoms. The van der Waals surface area contributed by atoms with Gasteiger partial charge < -0.3 is 10.2 Å². The highest BCUT2D eigenvalue weighted by Gasteiger charge is 2.36. The third-order valence-electron chi connectivity index (χ3n) is 7.01. The topological polar surface area (TPSA) is 69.7 Å². The molecule has 1 aliphatic heterocycles. The molecule has 3 amide bonds. The Kier molecular flexibility index (Phi) is 7.63. The Bertz CT molecular complexity index is 1570. The fourth-order valence-corrected chi connectivity index (χ4v) is 5.37. The van der Waals surface area contributed by atoms with Crippen molar-refractivity contribution in [3.8, 4) is 0 Å². The number of nitrogens with zero attached hydrogens (tertiary/aromatic N) is 2. The maximum atomic E-state index is 14.2. The zero-order chi connectivity index (χ0) is 28.4. The van der Waals surface area contributed by atoms with Crippen LogP contribution >= 0.6 is 11.6 Å². The fourth-order valence-electron chi connectivity index (χ4n) is 5.18. The first-order chi connectivity index (χ1) is 19.1. The number of benzene rings is 4. The summed E-state index contributed by atoms with van der Waals surface area (Å²) in [5, 5.41) is 5.35. The molecular weight excluding hydrogens is 522 g/mol. The van der Waals surface area contributed by atoms with Gasteiger partial charge in [-0.1, -0.05) is 84.4 Å². The standard InChI is InChI=1S/C33H32ClN3O3/c1-33(2,3)35-31(39)28(19-22-11-5-4-6-12-22)36(20-24-13-7-8-17-26(24)34)29(38)21-37-27-18-10-15-23-14-9-16-25(30(23)27)32(37)40/h4-18,28H,19-21H2,1-3H3,(H,35,39). The molecule has 204 valence electrons. The summed E-state index contributed by atoms with van der Waals surface area (Å²) in [6, 6.07) is 27.4. The number of rotatable bonds is 8. The van der Waals surface area contributed by atoms with Crippen LogP contribution in [0.3, 0.4) is 0 Å². The van der Waals surface area contributed by atoms with Gasteiger partial charge in [0.15, 0.2) is 0 Å². The van der Waals surface area contributed by atoms with E-state index in [4.69, 9.17) is 11.6 Å². The van der Waals surface area contributed by atoms with Gasteiger partial charge >= 0.3 is 0 Å². The van der Waals surface area contributed by atoms with E-state index in [2.05, 4.69) is 5.32 Å². The molecular formula is C33H32ClN3O3. The number of nitrogens with one attached hydrogen (secondary N) is 1. The predicted molar refractivity (Wildman–Crippen MR) is 159 cm³/mol. The van der Waals surface area contributed by atoms with E-state index in [9.17, 15) is 14.4 Å². The van der Waals surface area contributed by atoms with Gasteiger partial charge in [0.05, 0.1) is 5.69 Å². The molecule has 6 nitrogen and oxygen atoms in total. The Morgan fingerprint density at radius 1 is 0.900 bits per heavy atom. The number of hydrogen-bond donors (Lipinski definition) is 1. The Morgan fingerprint density at radius 2 is 1.57 bits per heavy atom. The first-order valence-electron chi connectivity index (χ1n) is 13.3. The maximum absolute atomic E-state index is 14.2. The van der Waals surface area contributed by atoms with Gasteiger partial charge in [0.1, 0.15) is 12.6 Å². The number of carbonyl (C=O) groups excluding carboxylic acids is 3. The summed E-state index contributed by atoms with van der Waals surface area (Å²) in [6.07, 6.45) is 0.308. The number of amides is 3. The molecule has 1 unspecified atom stereocenters. The first kappa shape index (κ1) is 27.4. The average molecular weight is 554 g/mol. The molecule has 4 aromatic carbocycles. The van der Waals surface area contributed by atoms with Crippen molar-refractivity contribution in [2.24, 2.45) is 0 Å². The van der Waals surface area contributed by atoms with Crippen molar-refractivity contribution < 1.29 is 14.4 Å². The lowest BCUT2D eigenvalue weighted by Crippen LogP contribution is -2.56. The van der Waals surface area contributed by atoms with Gasteiger partial charge in [-0.25, -0.2) is 0 Å². The van der Waals surface area contributed by atoms with Crippen LogP contribution in [0.15, 0.2) is 91.0 Å². The van der Waals surface area contributed by atoms with Crippen LogP contribution in [0.2, 0.25) is 5.02 Å². The summed E-state index contributed by atoms with van der Waals surface area (Å²) in [5.41, 5.74) is 2.40. The van der Waals surface area contributed by atoms with Crippen LogP contribution in [0.4, 0.5) is 5.69 Å². The molecule has 0 aliphatic carbocycles. The highest BCUT2D eigenvalue weighted by Crippen LogP contribution is 2.37. The molecule has 1 aliphatic rings. The van der Waals surface area contributed by atoms with Crippen molar-refractivity contribution in [1.29, 1.82) is 0 Å². The molecule has 0 bridgehead atoms. The lowest BCUT2D eigenvalue weighted by atomic mass is 10.0. The Labute approximate surface area is 239 Å². The summed E-state index contributed by atoms with van der Waals surface area (Å²) in [5.74, 6) is -0.838. The van der Waals surface area contributed by atoms with Crippen molar-refractivity contribution in [3.05, 3.63) is 113 Å². The van der Waals surface area contributed by atoms with Crippen LogP contribution in [0.1, 0.15) is 42.3 Å². The van der Waals surface area contributed by atoms with Gasteiger partial charge in [-0.05, 0) is 55.5 Å². The van der Waals surface area contributed by atoms with Crippen molar-refractivity contribution in [1.82, 2.24) is 10.2 Å². The highest BCUT2D eigenvalue weighted by molar-refractivity contribution is 6.31. The third kappa shape index (κ3) is 5.73. The molecule has 1 atom stereocenters. The number of hydrogen-bond acceptors (Lipinski definition) is 3. The number of halogens is 1. The van der Waals surface area contributed by atoms with Gasteiger partial charge in [0.2, 0.25) is 11.8 Å². The van der Waals surface area contributed by atoms with E-state index in [1.54, 1.807) is 17.0 Å². The molecule has 1 heterocycles. The highest BCUT2D eigenvalue weighted by atomic mass is 35.5. The van der Waals surface area contributed by atoms with Crippen LogP contribution in [0, 0.1) is 0 Å². The molecule has 0 saturated carbocycles. The Balaban J connectivity index is 1.53. The van der Waals surface area contributed by atoms with E-state index >= 15 is 0 Å². The maximum Gasteiger partial charge on any atom is 0.259 e. The van der Waals surface area contributed by atoms with E-state index in [0.717, 1.165) is 21.9 Å². The normalized spacial score (nSPS) is 13.4. The zero-order valence-corrected chi connectivity index (χ0v) is 23.6. The minimum absolute atomic E-state index is 0.118. The largest absolute Gasteiger partial charge is 0.350 e. The Hall–Kier alpha value is -4.16. The minimum Gasteiger partial charge on any atom is -0.350 e. The molecule has 0 saturated heterocycles. The lowest BCUT2D eigenvalue weighted by molar-refractivity contribution is -0.140. The third-order valence-corrected chi connectivity index (χ3v) is 7.38. The van der Waals surface area contributed by atoms with Gasteiger partial charge in [-0.15, -0.1) is 0 Å². The van der Waals surface area contributed by atoms with E-state index < -0.39 is 11.6 Å². The summed E-state index contributed by atoms with van der Waals surface area (Å²) in [7, 11) is 0. The molecule has 0 spiro atoms. The van der Waals surface area contributed by atoms with E-state index in [1.165, 1.54) is 4.90 Å². The van der Waals surface area contributed by atoms with Gasteiger partial charge in [0, 0.05) is 34.5 Å². The smallest absolute Gasteiger partial charge is 0.259 e. The molecule has 4 aromatic rings. The summed E-state index contributed by atoms with van der Waals surface area (Å²) in [4.78, 5) is 44.6. The van der Waals surface area contributed by atoms with Crippen molar-refractivity contribution >= 4 is 45.8 Å². The summed E-state index contributed by atoms with van der Waals surface area (Å²) >= 11 is 6.53. The molecule has 0 radical (unpaired) electrons. The lowest BCUT2D eigenvalue weighted by Gasteiger charge is -2.35. The van der Waals surface area contributed by atoms with Crippen molar-refractivity contribution in [3.63, 3.8) is 0 Å². The van der Waals surface area contributed by atoms with E-state index in [1.807, 2.05) is 99.6 Å². The summed E-state index contributed by atoms with van der Waals surface area (Å²) < 4.78 is 0. The minimum atomic E-state index is -0.832. The molecule has 7 heteroatoms. The average Bonchev–Trinajstić information content (AvgIpc) is 3.19. The van der Waals surface area contributed by atoms with E-state index in [0.29, 0.717) is 22.7 Å².